The van der Waals surface area contributed by atoms with E-state index in [0.29, 0.717) is 5.92 Å². The lowest BCUT2D eigenvalue weighted by atomic mass is 9.84. The molecule has 1 fully saturated rings. The molecule has 1 aliphatic rings. The minimum atomic E-state index is -0.548. The second-order valence-corrected chi connectivity index (χ2v) is 5.74. The SMILES string of the molecule is CC(C)C[C@@H](C)OC(=O)[C@H](C)NC(=O)C1CCC1. The third-order valence-corrected chi connectivity index (χ3v) is 3.31. The molecule has 0 heterocycles. The standard InChI is InChI=1S/C14H25NO3/c1-9(2)8-10(3)18-14(17)11(4)15-13(16)12-6-5-7-12/h9-12H,5-8H2,1-4H3,(H,15,16)/t10-,11+/m1/s1. The van der Waals surface area contributed by atoms with Crippen molar-refractivity contribution in [2.24, 2.45) is 11.8 Å². The molecule has 0 aliphatic heterocycles. The van der Waals surface area contributed by atoms with Crippen molar-refractivity contribution in [3.63, 3.8) is 0 Å². The van der Waals surface area contributed by atoms with E-state index in [-0.39, 0.29) is 23.9 Å². The highest BCUT2D eigenvalue weighted by Crippen LogP contribution is 2.26. The Morgan fingerprint density at radius 3 is 2.28 bits per heavy atom. The van der Waals surface area contributed by atoms with Gasteiger partial charge < -0.3 is 10.1 Å². The van der Waals surface area contributed by atoms with Crippen molar-refractivity contribution >= 4 is 11.9 Å². The quantitative estimate of drug-likeness (QED) is 0.741. The Hall–Kier alpha value is -1.06. The highest BCUT2D eigenvalue weighted by atomic mass is 16.5. The lowest BCUT2D eigenvalue weighted by Gasteiger charge is -2.26. The molecule has 1 N–H and O–H groups in total. The molecule has 0 saturated heterocycles. The van der Waals surface area contributed by atoms with E-state index in [1.165, 1.54) is 0 Å². The molecule has 0 spiro atoms. The van der Waals surface area contributed by atoms with Crippen LogP contribution in [0.5, 0.6) is 0 Å². The molecule has 1 rings (SSSR count). The van der Waals surface area contributed by atoms with Gasteiger partial charge in [0.2, 0.25) is 5.91 Å². The first-order chi connectivity index (χ1) is 8.40. The van der Waals surface area contributed by atoms with E-state index in [4.69, 9.17) is 4.74 Å². The van der Waals surface area contributed by atoms with E-state index in [1.54, 1.807) is 6.92 Å². The molecule has 1 amide bonds. The first-order valence-electron chi connectivity index (χ1n) is 6.91. The third-order valence-electron chi connectivity index (χ3n) is 3.31. The van der Waals surface area contributed by atoms with Crippen LogP contribution in [0.2, 0.25) is 0 Å². The molecule has 18 heavy (non-hydrogen) atoms. The summed E-state index contributed by atoms with van der Waals surface area (Å²) in [6.07, 6.45) is 3.74. The van der Waals surface area contributed by atoms with Crippen LogP contribution < -0.4 is 5.32 Å². The van der Waals surface area contributed by atoms with Gasteiger partial charge in [0, 0.05) is 5.92 Å². The molecule has 0 aromatic rings. The van der Waals surface area contributed by atoms with Crippen LogP contribution >= 0.6 is 0 Å². The fraction of sp³-hybridized carbons (Fsp3) is 0.857. The number of nitrogens with one attached hydrogen (secondary N) is 1. The van der Waals surface area contributed by atoms with Gasteiger partial charge in [0.15, 0.2) is 0 Å². The molecule has 1 saturated carbocycles. The second-order valence-electron chi connectivity index (χ2n) is 5.74. The molecule has 4 heteroatoms. The van der Waals surface area contributed by atoms with Gasteiger partial charge in [0.05, 0.1) is 6.10 Å². The maximum Gasteiger partial charge on any atom is 0.328 e. The molecule has 104 valence electrons. The van der Waals surface area contributed by atoms with Crippen LogP contribution in [0.4, 0.5) is 0 Å². The Labute approximate surface area is 109 Å². The summed E-state index contributed by atoms with van der Waals surface area (Å²) in [5.41, 5.74) is 0. The van der Waals surface area contributed by atoms with Gasteiger partial charge in [0.25, 0.3) is 0 Å². The van der Waals surface area contributed by atoms with Gasteiger partial charge in [-0.1, -0.05) is 20.3 Å². The first kappa shape index (κ1) is 15.0. The molecule has 0 aromatic heterocycles. The number of ether oxygens (including phenoxy) is 1. The summed E-state index contributed by atoms with van der Waals surface area (Å²) < 4.78 is 5.30. The van der Waals surface area contributed by atoms with E-state index < -0.39 is 6.04 Å². The number of hydrogen-bond acceptors (Lipinski definition) is 3. The van der Waals surface area contributed by atoms with Gasteiger partial charge in [0.1, 0.15) is 6.04 Å². The predicted octanol–water partition coefficient (Wildman–Crippen LogP) is 2.27. The number of carbonyl (C=O) groups is 2. The van der Waals surface area contributed by atoms with Crippen LogP contribution in [0.25, 0.3) is 0 Å². The Morgan fingerprint density at radius 2 is 1.83 bits per heavy atom. The number of esters is 1. The van der Waals surface area contributed by atoms with E-state index in [1.807, 2.05) is 6.92 Å². The third kappa shape index (κ3) is 4.67. The smallest absolute Gasteiger partial charge is 0.328 e. The van der Waals surface area contributed by atoms with Crippen molar-refractivity contribution in [3.8, 4) is 0 Å². The highest BCUT2D eigenvalue weighted by molar-refractivity contribution is 5.85. The predicted molar refractivity (Wildman–Crippen MR) is 70.0 cm³/mol. The zero-order valence-corrected chi connectivity index (χ0v) is 11.9. The lowest BCUT2D eigenvalue weighted by molar-refractivity contribution is -0.152. The minimum Gasteiger partial charge on any atom is -0.461 e. The van der Waals surface area contributed by atoms with Gasteiger partial charge in [-0.25, -0.2) is 4.79 Å². The summed E-state index contributed by atoms with van der Waals surface area (Å²) >= 11 is 0. The van der Waals surface area contributed by atoms with Gasteiger partial charge in [-0.2, -0.15) is 0 Å². The zero-order chi connectivity index (χ0) is 13.7. The summed E-state index contributed by atoms with van der Waals surface area (Å²) in [5.74, 6) is 0.249. The largest absolute Gasteiger partial charge is 0.461 e. The normalized spacial score (nSPS) is 18.9. The second kappa shape index (κ2) is 6.76. The number of carbonyl (C=O) groups excluding carboxylic acids is 2. The highest BCUT2D eigenvalue weighted by Gasteiger charge is 2.28. The molecule has 1 aliphatic carbocycles. The number of rotatable bonds is 6. The van der Waals surface area contributed by atoms with Crippen LogP contribution in [0, 0.1) is 11.8 Å². The van der Waals surface area contributed by atoms with E-state index in [2.05, 4.69) is 19.2 Å². The molecule has 0 unspecified atom stereocenters. The average molecular weight is 255 g/mol. The molecule has 4 nitrogen and oxygen atoms in total. The monoisotopic (exact) mass is 255 g/mol. The minimum absolute atomic E-state index is 0.0118. The summed E-state index contributed by atoms with van der Waals surface area (Å²) in [6.45, 7) is 7.75. The molecular weight excluding hydrogens is 230 g/mol. The van der Waals surface area contributed by atoms with Crippen molar-refractivity contribution < 1.29 is 14.3 Å². The van der Waals surface area contributed by atoms with Gasteiger partial charge in [-0.3, -0.25) is 4.79 Å². The maximum atomic E-state index is 11.8. The Kier molecular flexibility index (Phi) is 5.63. The average Bonchev–Trinajstić information content (AvgIpc) is 2.12. The fourth-order valence-electron chi connectivity index (χ4n) is 2.07. The summed E-state index contributed by atoms with van der Waals surface area (Å²) in [7, 11) is 0. The summed E-state index contributed by atoms with van der Waals surface area (Å²) in [5, 5.41) is 2.73. The fourth-order valence-corrected chi connectivity index (χ4v) is 2.07. The Balaban J connectivity index is 2.29. The van der Waals surface area contributed by atoms with Crippen molar-refractivity contribution in [3.05, 3.63) is 0 Å². The number of amides is 1. The Bertz CT molecular complexity index is 297. The van der Waals surface area contributed by atoms with Crippen LogP contribution in [-0.2, 0) is 14.3 Å². The van der Waals surface area contributed by atoms with Crippen molar-refractivity contribution in [2.45, 2.75) is 65.5 Å². The van der Waals surface area contributed by atoms with E-state index in [0.717, 1.165) is 25.7 Å². The van der Waals surface area contributed by atoms with Crippen molar-refractivity contribution in [1.82, 2.24) is 5.32 Å². The van der Waals surface area contributed by atoms with E-state index in [9.17, 15) is 9.59 Å². The molecule has 0 aromatic carbocycles. The van der Waals surface area contributed by atoms with Crippen molar-refractivity contribution in [1.29, 1.82) is 0 Å². The van der Waals surface area contributed by atoms with E-state index >= 15 is 0 Å². The Morgan fingerprint density at radius 1 is 1.22 bits per heavy atom. The zero-order valence-electron chi connectivity index (χ0n) is 11.9. The van der Waals surface area contributed by atoms with Crippen LogP contribution in [0.1, 0.15) is 53.4 Å². The van der Waals surface area contributed by atoms with Crippen LogP contribution in [0.3, 0.4) is 0 Å². The lowest BCUT2D eigenvalue weighted by Crippen LogP contribution is -2.44. The molecule has 0 radical (unpaired) electrons. The van der Waals surface area contributed by atoms with Gasteiger partial charge >= 0.3 is 5.97 Å². The first-order valence-corrected chi connectivity index (χ1v) is 6.91. The summed E-state index contributed by atoms with van der Waals surface area (Å²) in [6, 6.07) is -0.548. The summed E-state index contributed by atoms with van der Waals surface area (Å²) in [4.78, 5) is 23.4. The van der Waals surface area contributed by atoms with Crippen LogP contribution in [0.15, 0.2) is 0 Å². The van der Waals surface area contributed by atoms with Crippen molar-refractivity contribution in [2.75, 3.05) is 0 Å². The van der Waals surface area contributed by atoms with Gasteiger partial charge in [-0.05, 0) is 39.0 Å². The maximum absolute atomic E-state index is 11.8. The topological polar surface area (TPSA) is 55.4 Å². The molecule has 2 atom stereocenters. The number of hydrogen-bond donors (Lipinski definition) is 1. The molecule has 0 bridgehead atoms. The van der Waals surface area contributed by atoms with Gasteiger partial charge in [-0.15, -0.1) is 0 Å². The molecular formula is C14H25NO3. The van der Waals surface area contributed by atoms with Crippen LogP contribution in [-0.4, -0.2) is 24.0 Å².